The van der Waals surface area contributed by atoms with Crippen LogP contribution in [0.4, 0.5) is 11.5 Å². The van der Waals surface area contributed by atoms with Crippen LogP contribution in [0.15, 0.2) is 42.2 Å². The predicted molar refractivity (Wildman–Crippen MR) is 144 cm³/mol. The Balaban J connectivity index is 1.01. The van der Waals surface area contributed by atoms with Gasteiger partial charge in [-0.25, -0.2) is 4.98 Å². The molecule has 0 unspecified atom stereocenters. The number of benzene rings is 1. The van der Waals surface area contributed by atoms with Crippen molar-refractivity contribution in [2.45, 2.75) is 64.2 Å². The molecule has 1 amide bonds. The molecule has 6 heteroatoms. The van der Waals surface area contributed by atoms with Crippen molar-refractivity contribution in [1.82, 2.24) is 10.3 Å². The summed E-state index contributed by atoms with van der Waals surface area (Å²) in [4.78, 5) is 18.0. The van der Waals surface area contributed by atoms with E-state index >= 15 is 0 Å². The fraction of sp³-hybridized carbons (Fsp3) is 0.567. The molecule has 5 aliphatic rings. The van der Waals surface area contributed by atoms with Crippen LogP contribution in [0.3, 0.4) is 0 Å². The fourth-order valence-corrected chi connectivity index (χ4v) is 7.70. The number of hydrogen-bond acceptors (Lipinski definition) is 5. The normalized spacial score (nSPS) is 28.6. The molecule has 0 saturated heterocycles. The maximum atomic E-state index is 13.2. The van der Waals surface area contributed by atoms with Gasteiger partial charge in [0.05, 0.1) is 30.6 Å². The molecule has 4 aliphatic carbocycles. The molecule has 1 aliphatic heterocycles. The van der Waals surface area contributed by atoms with Gasteiger partial charge in [-0.1, -0.05) is 6.07 Å². The van der Waals surface area contributed by atoms with E-state index < -0.39 is 0 Å². The average Bonchev–Trinajstić information content (AvgIpc) is 2.85. The average molecular weight is 488 g/mol. The standard InChI is InChI=1S/C30H39N4O2/c35-29(18-30-15-22-12-23(16-30)14-24(13-22)17-30)34-27-6-1-5-26-25(27)7-8-28(33-26)32-10-3-9-31-19-21-4-2-11-36-20-21/h1,5-8,19-20,22-24,31H,2-4,9-18H2,(H,32,33)(H,34,35). The number of amides is 1. The van der Waals surface area contributed by atoms with E-state index in [0.717, 1.165) is 79.1 Å². The van der Waals surface area contributed by atoms with Gasteiger partial charge in [-0.2, -0.15) is 0 Å². The third-order valence-corrected chi connectivity index (χ3v) is 8.76. The van der Waals surface area contributed by atoms with Gasteiger partial charge in [0.2, 0.25) is 5.91 Å². The number of aromatic nitrogens is 1. The van der Waals surface area contributed by atoms with Gasteiger partial charge in [0.15, 0.2) is 0 Å². The Morgan fingerprint density at radius 2 is 1.86 bits per heavy atom. The molecule has 1 aromatic heterocycles. The van der Waals surface area contributed by atoms with Gasteiger partial charge in [-0.3, -0.25) is 4.79 Å². The van der Waals surface area contributed by atoms with E-state index in [1.54, 1.807) is 0 Å². The summed E-state index contributed by atoms with van der Waals surface area (Å²) in [6.07, 6.45) is 13.7. The lowest BCUT2D eigenvalue weighted by molar-refractivity contribution is -0.124. The number of anilines is 2. The topological polar surface area (TPSA) is 75.3 Å². The highest BCUT2D eigenvalue weighted by Gasteiger charge is 2.51. The Morgan fingerprint density at radius 1 is 1.06 bits per heavy atom. The Hall–Kier alpha value is -2.60. The van der Waals surface area contributed by atoms with Crippen LogP contribution in [0, 0.1) is 29.7 Å². The van der Waals surface area contributed by atoms with E-state index in [0.29, 0.717) is 6.42 Å². The van der Waals surface area contributed by atoms with Crippen molar-refractivity contribution < 1.29 is 9.53 Å². The number of ether oxygens (including phenoxy) is 1. The van der Waals surface area contributed by atoms with Gasteiger partial charge >= 0.3 is 0 Å². The third-order valence-electron chi connectivity index (χ3n) is 8.76. The summed E-state index contributed by atoms with van der Waals surface area (Å²) in [6, 6.07) is 10.1. The number of hydrogen-bond donors (Lipinski definition) is 3. The molecule has 191 valence electrons. The summed E-state index contributed by atoms with van der Waals surface area (Å²) >= 11 is 0. The quantitative estimate of drug-likeness (QED) is 0.357. The van der Waals surface area contributed by atoms with Crippen LogP contribution in [0.5, 0.6) is 0 Å². The molecule has 3 N–H and O–H groups in total. The molecule has 36 heavy (non-hydrogen) atoms. The molecule has 4 bridgehead atoms. The first-order valence-corrected chi connectivity index (χ1v) is 13.9. The minimum atomic E-state index is 0.173. The number of pyridine rings is 1. The maximum absolute atomic E-state index is 13.2. The first-order valence-electron chi connectivity index (χ1n) is 13.9. The number of nitrogens with one attached hydrogen (secondary N) is 3. The van der Waals surface area contributed by atoms with Crippen LogP contribution in [-0.4, -0.2) is 30.6 Å². The maximum Gasteiger partial charge on any atom is 0.224 e. The van der Waals surface area contributed by atoms with Crippen molar-refractivity contribution in [2.24, 2.45) is 23.2 Å². The van der Waals surface area contributed by atoms with Crippen LogP contribution in [0.1, 0.15) is 64.2 Å². The molecule has 2 aromatic rings. The number of carbonyl (C=O) groups excluding carboxylic acids is 1. The van der Waals surface area contributed by atoms with Gasteiger partial charge in [-0.15, -0.1) is 0 Å². The Kier molecular flexibility index (Phi) is 6.87. The van der Waals surface area contributed by atoms with Crippen LogP contribution < -0.4 is 16.0 Å². The molecular weight excluding hydrogens is 448 g/mol. The van der Waals surface area contributed by atoms with Gasteiger partial charge in [0.1, 0.15) is 5.82 Å². The van der Waals surface area contributed by atoms with E-state index in [1.807, 2.05) is 30.5 Å². The van der Waals surface area contributed by atoms with Crippen molar-refractivity contribution in [3.63, 3.8) is 0 Å². The number of rotatable bonds is 10. The summed E-state index contributed by atoms with van der Waals surface area (Å²) in [5.74, 6) is 3.65. The van der Waals surface area contributed by atoms with E-state index in [4.69, 9.17) is 9.72 Å². The fourth-order valence-electron chi connectivity index (χ4n) is 7.70. The highest BCUT2D eigenvalue weighted by molar-refractivity contribution is 6.01. The molecule has 0 atom stereocenters. The zero-order valence-corrected chi connectivity index (χ0v) is 21.2. The molecule has 2 heterocycles. The lowest BCUT2D eigenvalue weighted by Gasteiger charge is -2.56. The second kappa shape index (κ2) is 10.4. The molecule has 4 saturated carbocycles. The monoisotopic (exact) mass is 487 g/mol. The van der Waals surface area contributed by atoms with Gasteiger partial charge < -0.3 is 20.7 Å². The summed E-state index contributed by atoms with van der Waals surface area (Å²) < 4.78 is 5.36. The van der Waals surface area contributed by atoms with E-state index in [-0.39, 0.29) is 11.3 Å². The van der Waals surface area contributed by atoms with Crippen LogP contribution in [-0.2, 0) is 9.53 Å². The zero-order chi connectivity index (χ0) is 24.4. The number of nitrogens with zero attached hydrogens (tertiary/aromatic N) is 1. The smallest absolute Gasteiger partial charge is 0.224 e. The molecule has 1 aromatic carbocycles. The van der Waals surface area contributed by atoms with Crippen molar-refractivity contribution in [2.75, 3.05) is 30.3 Å². The van der Waals surface area contributed by atoms with Crippen LogP contribution in [0.2, 0.25) is 0 Å². The Bertz CT molecular complexity index is 1090. The van der Waals surface area contributed by atoms with Crippen molar-refractivity contribution in [3.05, 3.63) is 48.7 Å². The lowest BCUT2D eigenvalue weighted by atomic mass is 9.49. The van der Waals surface area contributed by atoms with Crippen molar-refractivity contribution in [1.29, 1.82) is 0 Å². The predicted octanol–water partition coefficient (Wildman–Crippen LogP) is 6.03. The minimum absolute atomic E-state index is 0.173. The van der Waals surface area contributed by atoms with Gasteiger partial charge in [0, 0.05) is 18.4 Å². The molecule has 4 fully saturated rings. The summed E-state index contributed by atoms with van der Waals surface area (Å²) in [5, 5.41) is 11.0. The van der Waals surface area contributed by atoms with E-state index in [2.05, 4.69) is 28.6 Å². The first-order chi connectivity index (χ1) is 17.6. The second-order valence-corrected chi connectivity index (χ2v) is 11.8. The second-order valence-electron chi connectivity index (χ2n) is 11.8. The summed E-state index contributed by atoms with van der Waals surface area (Å²) in [6.45, 7) is 4.64. The zero-order valence-electron chi connectivity index (χ0n) is 21.2. The lowest BCUT2D eigenvalue weighted by Crippen LogP contribution is -2.47. The molecule has 6 nitrogen and oxygen atoms in total. The van der Waals surface area contributed by atoms with Crippen molar-refractivity contribution >= 4 is 28.3 Å². The molecule has 7 rings (SSSR count). The summed E-state index contributed by atoms with van der Waals surface area (Å²) in [7, 11) is 0. The number of fused-ring (bicyclic) bond motifs is 1. The third kappa shape index (κ3) is 5.39. The van der Waals surface area contributed by atoms with Gasteiger partial charge in [0.25, 0.3) is 0 Å². The largest absolute Gasteiger partial charge is 0.501 e. The minimum Gasteiger partial charge on any atom is -0.501 e. The summed E-state index contributed by atoms with van der Waals surface area (Å²) in [5.41, 5.74) is 3.27. The molecule has 0 spiro atoms. The van der Waals surface area contributed by atoms with Crippen LogP contribution in [0.25, 0.3) is 10.9 Å². The molecular formula is C30H39N4O2. The Morgan fingerprint density at radius 3 is 2.61 bits per heavy atom. The SMILES string of the molecule is O=C(CC12CC3CC(CC(C3)C1)C2)Nc1cccc2nc(NCCCN[CH]C3=COCCC3)ccc12. The number of carbonyl (C=O) groups is 1. The highest BCUT2D eigenvalue weighted by atomic mass is 16.5. The molecule has 1 radical (unpaired) electrons. The Labute approximate surface area is 214 Å². The highest BCUT2D eigenvalue weighted by Crippen LogP contribution is 2.61. The van der Waals surface area contributed by atoms with E-state index in [9.17, 15) is 4.79 Å². The first kappa shape index (κ1) is 23.8. The van der Waals surface area contributed by atoms with Crippen molar-refractivity contribution in [3.8, 4) is 0 Å². The van der Waals surface area contributed by atoms with E-state index in [1.165, 1.54) is 44.1 Å². The van der Waals surface area contributed by atoms with Crippen LogP contribution >= 0.6 is 0 Å². The van der Waals surface area contributed by atoms with Gasteiger partial charge in [-0.05, 0) is 117 Å².